The maximum Gasteiger partial charge on any atom is 0.244 e. The Labute approximate surface area is 234 Å². The number of anilines is 1. The van der Waals surface area contributed by atoms with Crippen LogP contribution in [-0.2, 0) is 26.2 Å². The summed E-state index contributed by atoms with van der Waals surface area (Å²) in [6.45, 7) is 5.67. The summed E-state index contributed by atoms with van der Waals surface area (Å²) in [5.74, 6) is -0.0625. The standard InChI is InChI=1S/C26H33Cl2N3O6S/c1-5-17(3)29-26(33)22(6-2)30(15-19-20(27)8-7-9-21(19)28)25(32)16-31(38(4,34)35)18-10-11-23-24(14-18)37-13-12-36-23/h7-11,14,17,22H,5-6,12-13,15-16H2,1-4H3,(H,29,33)/t17-,22+/m0/s1. The van der Waals surface area contributed by atoms with Crippen molar-refractivity contribution in [1.29, 1.82) is 0 Å². The number of fused-ring (bicyclic) bond motifs is 1. The van der Waals surface area contributed by atoms with Crippen LogP contribution in [0.3, 0.4) is 0 Å². The Morgan fingerprint density at radius 1 is 1.03 bits per heavy atom. The Hall–Kier alpha value is -2.69. The Kier molecular flexibility index (Phi) is 10.1. The highest BCUT2D eigenvalue weighted by molar-refractivity contribution is 7.92. The predicted molar refractivity (Wildman–Crippen MR) is 149 cm³/mol. The molecule has 1 N–H and O–H groups in total. The van der Waals surface area contributed by atoms with Crippen LogP contribution in [0.2, 0.25) is 10.0 Å². The molecule has 0 unspecified atom stereocenters. The maximum absolute atomic E-state index is 13.8. The van der Waals surface area contributed by atoms with Gasteiger partial charge in [0.15, 0.2) is 11.5 Å². The van der Waals surface area contributed by atoms with Crippen molar-refractivity contribution in [3.63, 3.8) is 0 Å². The van der Waals surface area contributed by atoms with Crippen LogP contribution < -0.4 is 19.1 Å². The number of sulfonamides is 1. The highest BCUT2D eigenvalue weighted by Gasteiger charge is 2.33. The van der Waals surface area contributed by atoms with Gasteiger partial charge in [0.25, 0.3) is 0 Å². The minimum Gasteiger partial charge on any atom is -0.486 e. The van der Waals surface area contributed by atoms with E-state index in [-0.39, 0.29) is 24.2 Å². The number of hydrogen-bond donors (Lipinski definition) is 1. The fourth-order valence-corrected chi connectivity index (χ4v) is 5.37. The Morgan fingerprint density at radius 2 is 1.66 bits per heavy atom. The summed E-state index contributed by atoms with van der Waals surface area (Å²) in [5.41, 5.74) is 0.696. The quantitative estimate of drug-likeness (QED) is 0.422. The summed E-state index contributed by atoms with van der Waals surface area (Å²) in [6, 6.07) is 8.64. The second-order valence-electron chi connectivity index (χ2n) is 9.06. The molecule has 0 bridgehead atoms. The number of amides is 2. The molecule has 2 amide bonds. The van der Waals surface area contributed by atoms with E-state index in [4.69, 9.17) is 32.7 Å². The molecule has 1 aliphatic rings. The molecule has 1 heterocycles. The number of carbonyl (C=O) groups excluding carboxylic acids is 2. The van der Waals surface area contributed by atoms with Crippen molar-refractivity contribution < 1.29 is 27.5 Å². The van der Waals surface area contributed by atoms with Crippen LogP contribution in [0, 0.1) is 0 Å². The van der Waals surface area contributed by atoms with Gasteiger partial charge in [0, 0.05) is 34.3 Å². The normalized spacial score (nSPS) is 14.4. The second kappa shape index (κ2) is 12.9. The lowest BCUT2D eigenvalue weighted by atomic mass is 10.1. The zero-order valence-corrected chi connectivity index (χ0v) is 24.2. The van der Waals surface area contributed by atoms with Crippen molar-refractivity contribution in [3.05, 3.63) is 52.0 Å². The van der Waals surface area contributed by atoms with Crippen LogP contribution in [0.5, 0.6) is 11.5 Å². The maximum atomic E-state index is 13.8. The van der Waals surface area contributed by atoms with Crippen LogP contribution in [0.15, 0.2) is 36.4 Å². The summed E-state index contributed by atoms with van der Waals surface area (Å²) >= 11 is 12.8. The molecule has 2 aromatic rings. The summed E-state index contributed by atoms with van der Waals surface area (Å²) in [5, 5.41) is 3.58. The van der Waals surface area contributed by atoms with E-state index in [2.05, 4.69) is 5.32 Å². The molecular formula is C26H33Cl2N3O6S. The van der Waals surface area contributed by atoms with Crippen LogP contribution in [0.4, 0.5) is 5.69 Å². The van der Waals surface area contributed by atoms with E-state index in [0.29, 0.717) is 53.2 Å². The molecule has 0 saturated heterocycles. The van der Waals surface area contributed by atoms with Gasteiger partial charge in [0.05, 0.1) is 11.9 Å². The van der Waals surface area contributed by atoms with Crippen LogP contribution in [0.25, 0.3) is 0 Å². The number of rotatable bonds is 11. The first-order valence-corrected chi connectivity index (χ1v) is 15.0. The van der Waals surface area contributed by atoms with Crippen molar-refractivity contribution in [3.8, 4) is 11.5 Å². The Balaban J connectivity index is 2.00. The van der Waals surface area contributed by atoms with Gasteiger partial charge >= 0.3 is 0 Å². The average Bonchev–Trinajstić information content (AvgIpc) is 2.87. The molecule has 2 atom stereocenters. The number of ether oxygens (including phenoxy) is 2. The zero-order valence-electron chi connectivity index (χ0n) is 21.9. The molecule has 0 aromatic heterocycles. The van der Waals surface area contributed by atoms with E-state index in [1.54, 1.807) is 37.3 Å². The molecular weight excluding hydrogens is 553 g/mol. The van der Waals surface area contributed by atoms with Gasteiger partial charge in [-0.3, -0.25) is 13.9 Å². The van der Waals surface area contributed by atoms with Gasteiger partial charge in [0.1, 0.15) is 25.8 Å². The molecule has 1 aliphatic heterocycles. The molecule has 9 nitrogen and oxygen atoms in total. The molecule has 3 rings (SSSR count). The van der Waals surface area contributed by atoms with Crippen molar-refractivity contribution in [2.75, 3.05) is 30.3 Å². The van der Waals surface area contributed by atoms with Gasteiger partial charge in [-0.05, 0) is 44.0 Å². The van der Waals surface area contributed by atoms with E-state index in [1.807, 2.05) is 13.8 Å². The van der Waals surface area contributed by atoms with Crippen LogP contribution >= 0.6 is 23.2 Å². The van der Waals surface area contributed by atoms with Crippen LogP contribution in [0.1, 0.15) is 39.2 Å². The first-order chi connectivity index (χ1) is 18.0. The van der Waals surface area contributed by atoms with Gasteiger partial charge in [-0.2, -0.15) is 0 Å². The van der Waals surface area contributed by atoms with Gasteiger partial charge < -0.3 is 19.7 Å². The third-order valence-electron chi connectivity index (χ3n) is 6.27. The summed E-state index contributed by atoms with van der Waals surface area (Å²) in [4.78, 5) is 28.4. The minimum atomic E-state index is -3.90. The van der Waals surface area contributed by atoms with Crippen LogP contribution in [-0.4, -0.2) is 63.2 Å². The molecule has 0 radical (unpaired) electrons. The lowest BCUT2D eigenvalue weighted by molar-refractivity contribution is -0.140. The first kappa shape index (κ1) is 29.9. The summed E-state index contributed by atoms with van der Waals surface area (Å²) < 4.78 is 37.8. The second-order valence-corrected chi connectivity index (χ2v) is 11.8. The third-order valence-corrected chi connectivity index (χ3v) is 8.12. The SMILES string of the molecule is CC[C@H](C(=O)N[C@@H](C)CC)N(Cc1c(Cl)cccc1Cl)C(=O)CN(c1ccc2c(c1)OCCO2)S(C)(=O)=O. The minimum absolute atomic E-state index is 0.0808. The molecule has 2 aromatic carbocycles. The highest BCUT2D eigenvalue weighted by Crippen LogP contribution is 2.35. The highest BCUT2D eigenvalue weighted by atomic mass is 35.5. The molecule has 0 saturated carbocycles. The van der Waals surface area contributed by atoms with Gasteiger partial charge in [-0.15, -0.1) is 0 Å². The van der Waals surface area contributed by atoms with Gasteiger partial charge in [-0.25, -0.2) is 8.42 Å². The van der Waals surface area contributed by atoms with Crippen molar-refractivity contribution in [2.45, 2.75) is 52.2 Å². The van der Waals surface area contributed by atoms with E-state index in [1.165, 1.54) is 11.0 Å². The van der Waals surface area contributed by atoms with E-state index < -0.39 is 28.5 Å². The Morgan fingerprint density at radius 3 is 2.24 bits per heavy atom. The number of nitrogens with zero attached hydrogens (tertiary/aromatic N) is 2. The monoisotopic (exact) mass is 585 g/mol. The fraction of sp³-hybridized carbons (Fsp3) is 0.462. The number of benzene rings is 2. The predicted octanol–water partition coefficient (Wildman–Crippen LogP) is 4.25. The van der Waals surface area contributed by atoms with Gasteiger partial charge in [-0.1, -0.05) is 43.1 Å². The smallest absolute Gasteiger partial charge is 0.244 e. The molecule has 0 spiro atoms. The van der Waals surface area contributed by atoms with Crippen molar-refractivity contribution in [2.24, 2.45) is 0 Å². The molecule has 12 heteroatoms. The fourth-order valence-electron chi connectivity index (χ4n) is 4.02. The number of carbonyl (C=O) groups is 2. The van der Waals surface area contributed by atoms with E-state index >= 15 is 0 Å². The number of hydrogen-bond acceptors (Lipinski definition) is 6. The largest absolute Gasteiger partial charge is 0.486 e. The molecule has 0 fully saturated rings. The zero-order chi connectivity index (χ0) is 28.0. The third kappa shape index (κ3) is 7.24. The number of nitrogens with one attached hydrogen (secondary N) is 1. The van der Waals surface area contributed by atoms with Gasteiger partial charge in [0.2, 0.25) is 21.8 Å². The lowest BCUT2D eigenvalue weighted by Gasteiger charge is -2.34. The van der Waals surface area contributed by atoms with E-state index in [0.717, 1.165) is 10.6 Å². The van der Waals surface area contributed by atoms with E-state index in [9.17, 15) is 18.0 Å². The molecule has 0 aliphatic carbocycles. The summed E-state index contributed by atoms with van der Waals surface area (Å²) in [6.07, 6.45) is 2.01. The number of halogens is 2. The van der Waals surface area contributed by atoms with Crippen molar-refractivity contribution >= 4 is 50.7 Å². The summed E-state index contributed by atoms with van der Waals surface area (Å²) in [7, 11) is -3.90. The topological polar surface area (TPSA) is 105 Å². The first-order valence-electron chi connectivity index (χ1n) is 12.4. The Bertz CT molecular complexity index is 1250. The average molecular weight is 587 g/mol. The molecule has 38 heavy (non-hydrogen) atoms. The lowest BCUT2D eigenvalue weighted by Crippen LogP contribution is -2.53. The van der Waals surface area contributed by atoms with Crippen molar-refractivity contribution in [1.82, 2.24) is 10.2 Å². The molecule has 208 valence electrons.